The third kappa shape index (κ3) is 1.44. The molecule has 2 rings (SSSR count). The predicted molar refractivity (Wildman–Crippen MR) is 63.8 cm³/mol. The molecule has 0 spiro atoms. The Bertz CT molecular complexity index is 529. The quantitative estimate of drug-likeness (QED) is 0.464. The van der Waals surface area contributed by atoms with Gasteiger partial charge in [-0.05, 0) is 6.07 Å². The van der Waals surface area contributed by atoms with Gasteiger partial charge in [-0.1, -0.05) is 24.3 Å². The highest BCUT2D eigenvalue weighted by Crippen LogP contribution is 2.43. The van der Waals surface area contributed by atoms with E-state index >= 15 is 0 Å². The molecule has 0 bridgehead atoms. The third-order valence-electron chi connectivity index (χ3n) is 2.88. The Morgan fingerprint density at radius 3 is 2.83 bits per heavy atom. The molecule has 0 saturated heterocycles. The van der Waals surface area contributed by atoms with E-state index in [1.807, 2.05) is 0 Å². The van der Waals surface area contributed by atoms with Gasteiger partial charge in [-0.25, -0.2) is 9.18 Å². The number of methoxy groups -OCH3 is 1. The first-order valence-corrected chi connectivity index (χ1v) is 5.37. The molecule has 0 N–H and O–H groups in total. The van der Waals surface area contributed by atoms with Crippen molar-refractivity contribution in [1.29, 1.82) is 0 Å². The fourth-order valence-electron chi connectivity index (χ4n) is 2.06. The third-order valence-corrected chi connectivity index (χ3v) is 2.88. The number of para-hydroxylation sites is 1. The topological polar surface area (TPSA) is 46.6 Å². The van der Waals surface area contributed by atoms with E-state index in [4.69, 9.17) is 0 Å². The Balaban J connectivity index is 2.61. The molecule has 0 radical (unpaired) electrons. The summed E-state index contributed by atoms with van der Waals surface area (Å²) in [4.78, 5) is 24.8. The molecule has 18 heavy (non-hydrogen) atoms. The number of hydrogen-bond donors (Lipinski definition) is 0. The summed E-state index contributed by atoms with van der Waals surface area (Å²) in [5.41, 5.74) is -2.37. The van der Waals surface area contributed by atoms with Crippen molar-refractivity contribution in [3.63, 3.8) is 0 Å². The lowest BCUT2D eigenvalue weighted by Crippen LogP contribution is -2.43. The Morgan fingerprint density at radius 2 is 2.22 bits per heavy atom. The number of rotatable bonds is 3. The molecular formula is C13H12FNO3. The van der Waals surface area contributed by atoms with Crippen LogP contribution in [0.5, 0.6) is 0 Å². The van der Waals surface area contributed by atoms with Gasteiger partial charge in [-0.3, -0.25) is 4.79 Å². The van der Waals surface area contributed by atoms with Crippen LogP contribution in [-0.2, 0) is 20.0 Å². The van der Waals surface area contributed by atoms with Crippen LogP contribution in [0.15, 0.2) is 36.9 Å². The van der Waals surface area contributed by atoms with Gasteiger partial charge in [0.05, 0.1) is 12.8 Å². The molecule has 94 valence electrons. The molecule has 4 nitrogen and oxygen atoms in total. The lowest BCUT2D eigenvalue weighted by Gasteiger charge is -2.17. The average molecular weight is 249 g/mol. The normalized spacial score (nSPS) is 21.7. The van der Waals surface area contributed by atoms with E-state index in [-0.39, 0.29) is 12.1 Å². The SMILES string of the molecule is C=CCN1C(=O)C(F)(C(=O)OC)c2ccccc21. The zero-order valence-corrected chi connectivity index (χ0v) is 9.85. The number of carbonyl (C=O) groups excluding carboxylic acids is 2. The summed E-state index contributed by atoms with van der Waals surface area (Å²) in [6.45, 7) is 3.65. The number of amides is 1. The first kappa shape index (κ1) is 12.3. The Kier molecular flexibility index (Phi) is 2.90. The van der Waals surface area contributed by atoms with Crippen LogP contribution in [0.4, 0.5) is 10.1 Å². The Morgan fingerprint density at radius 1 is 1.56 bits per heavy atom. The van der Waals surface area contributed by atoms with Crippen molar-refractivity contribution in [3.05, 3.63) is 42.5 Å². The molecule has 0 fully saturated rings. The van der Waals surface area contributed by atoms with Crippen molar-refractivity contribution < 1.29 is 18.7 Å². The van der Waals surface area contributed by atoms with Crippen LogP contribution in [0.1, 0.15) is 5.56 Å². The second-order valence-electron chi connectivity index (χ2n) is 3.87. The summed E-state index contributed by atoms with van der Waals surface area (Å²) < 4.78 is 19.2. The van der Waals surface area contributed by atoms with Crippen LogP contribution in [0, 0.1) is 0 Å². The van der Waals surface area contributed by atoms with Crippen LogP contribution in [-0.4, -0.2) is 25.5 Å². The molecule has 1 aromatic carbocycles. The molecule has 0 saturated carbocycles. The molecule has 1 amide bonds. The van der Waals surface area contributed by atoms with Crippen LogP contribution in [0.2, 0.25) is 0 Å². The van der Waals surface area contributed by atoms with Crippen LogP contribution >= 0.6 is 0 Å². The van der Waals surface area contributed by atoms with Gasteiger partial charge in [0, 0.05) is 12.1 Å². The smallest absolute Gasteiger partial charge is 0.358 e. The minimum Gasteiger partial charge on any atom is -0.466 e. The van der Waals surface area contributed by atoms with E-state index in [1.165, 1.54) is 17.0 Å². The van der Waals surface area contributed by atoms with Gasteiger partial charge in [0.2, 0.25) is 0 Å². The Labute approximate surface area is 104 Å². The summed E-state index contributed by atoms with van der Waals surface area (Å²) >= 11 is 0. The van der Waals surface area contributed by atoms with Gasteiger partial charge < -0.3 is 9.64 Å². The molecule has 1 aliphatic heterocycles. The number of fused-ring (bicyclic) bond motifs is 1. The number of hydrogen-bond acceptors (Lipinski definition) is 3. The molecule has 1 heterocycles. The number of anilines is 1. The molecule has 1 unspecified atom stereocenters. The zero-order valence-electron chi connectivity index (χ0n) is 9.85. The molecule has 0 aromatic heterocycles. The van der Waals surface area contributed by atoms with Crippen LogP contribution in [0.25, 0.3) is 0 Å². The monoisotopic (exact) mass is 249 g/mol. The lowest BCUT2D eigenvalue weighted by atomic mass is 9.98. The van der Waals surface area contributed by atoms with Gasteiger partial charge in [0.1, 0.15) is 0 Å². The van der Waals surface area contributed by atoms with Crippen LogP contribution in [0.3, 0.4) is 0 Å². The van der Waals surface area contributed by atoms with Crippen LogP contribution < -0.4 is 4.90 Å². The minimum absolute atomic E-state index is 0.0173. The van der Waals surface area contributed by atoms with Gasteiger partial charge in [0.15, 0.2) is 0 Å². The molecular weight excluding hydrogens is 237 g/mol. The van der Waals surface area contributed by atoms with Crippen molar-refractivity contribution in [3.8, 4) is 0 Å². The maximum Gasteiger partial charge on any atom is 0.358 e. The van der Waals surface area contributed by atoms with Gasteiger partial charge in [-0.15, -0.1) is 6.58 Å². The number of carbonyl (C=O) groups is 2. The van der Waals surface area contributed by atoms with E-state index < -0.39 is 17.5 Å². The first-order valence-electron chi connectivity index (χ1n) is 5.37. The van der Waals surface area contributed by atoms with Crippen molar-refractivity contribution in [2.75, 3.05) is 18.6 Å². The molecule has 5 heteroatoms. The molecule has 1 atom stereocenters. The Hall–Kier alpha value is -2.17. The minimum atomic E-state index is -2.76. The molecule has 0 aliphatic carbocycles. The van der Waals surface area contributed by atoms with Crippen molar-refractivity contribution in [2.24, 2.45) is 0 Å². The number of alkyl halides is 1. The van der Waals surface area contributed by atoms with Gasteiger partial charge >= 0.3 is 11.6 Å². The van der Waals surface area contributed by atoms with Crippen molar-refractivity contribution >= 4 is 17.6 Å². The second-order valence-corrected chi connectivity index (χ2v) is 3.87. The predicted octanol–water partition coefficient (Wildman–Crippen LogP) is 1.56. The summed E-state index contributed by atoms with van der Waals surface area (Å²) in [6.07, 6.45) is 1.47. The maximum atomic E-state index is 14.8. The van der Waals surface area contributed by atoms with Gasteiger partial charge in [-0.2, -0.15) is 0 Å². The fourth-order valence-corrected chi connectivity index (χ4v) is 2.06. The summed E-state index contributed by atoms with van der Waals surface area (Å²) in [6, 6.07) is 6.24. The van der Waals surface area contributed by atoms with Crippen molar-refractivity contribution in [2.45, 2.75) is 5.67 Å². The highest BCUT2D eigenvalue weighted by atomic mass is 19.1. The number of benzene rings is 1. The van der Waals surface area contributed by atoms with E-state index in [1.54, 1.807) is 18.2 Å². The number of halogens is 1. The summed E-state index contributed by atoms with van der Waals surface area (Å²) in [7, 11) is 1.05. The molecule has 1 aliphatic rings. The molecule has 1 aromatic rings. The van der Waals surface area contributed by atoms with E-state index in [0.29, 0.717) is 5.69 Å². The fraction of sp³-hybridized carbons (Fsp3) is 0.231. The lowest BCUT2D eigenvalue weighted by molar-refractivity contribution is -0.160. The van der Waals surface area contributed by atoms with E-state index in [9.17, 15) is 14.0 Å². The first-order chi connectivity index (χ1) is 8.57. The summed E-state index contributed by atoms with van der Waals surface area (Å²) in [5.74, 6) is -2.14. The van der Waals surface area contributed by atoms with Crippen molar-refractivity contribution in [1.82, 2.24) is 0 Å². The largest absolute Gasteiger partial charge is 0.466 e. The average Bonchev–Trinajstić information content (AvgIpc) is 2.62. The maximum absolute atomic E-state index is 14.8. The summed E-state index contributed by atoms with van der Waals surface area (Å²) in [5, 5.41) is 0. The number of nitrogens with zero attached hydrogens (tertiary/aromatic N) is 1. The van der Waals surface area contributed by atoms with Gasteiger partial charge in [0.25, 0.3) is 5.91 Å². The van der Waals surface area contributed by atoms with E-state index in [2.05, 4.69) is 11.3 Å². The second kappa shape index (κ2) is 4.25. The highest BCUT2D eigenvalue weighted by molar-refractivity contribution is 6.19. The number of esters is 1. The highest BCUT2D eigenvalue weighted by Gasteiger charge is 2.58. The zero-order chi connectivity index (χ0) is 13.3. The standard InChI is InChI=1S/C13H12FNO3/c1-3-8-15-10-7-5-4-6-9(10)13(14,11(15)16)12(17)18-2/h3-7H,1,8H2,2H3. The van der Waals surface area contributed by atoms with E-state index in [0.717, 1.165) is 7.11 Å². The number of ether oxygens (including phenoxy) is 1.